The molecule has 0 aliphatic heterocycles. The van der Waals surface area contributed by atoms with Gasteiger partial charge in [0.05, 0.1) is 0 Å². The van der Waals surface area contributed by atoms with Gasteiger partial charge in [-0.15, -0.1) is 23.2 Å². The van der Waals surface area contributed by atoms with E-state index in [0.29, 0.717) is 6.42 Å². The van der Waals surface area contributed by atoms with E-state index >= 15 is 0 Å². The third kappa shape index (κ3) is 2.07. The highest BCUT2D eigenvalue weighted by Crippen LogP contribution is 2.54. The molecular formula is C17H15Cl2. The Morgan fingerprint density at radius 3 is 1.84 bits per heavy atom. The van der Waals surface area contributed by atoms with Crippen molar-refractivity contribution in [3.8, 4) is 11.1 Å². The van der Waals surface area contributed by atoms with Crippen molar-refractivity contribution in [2.45, 2.75) is 23.1 Å². The van der Waals surface area contributed by atoms with Crippen molar-refractivity contribution in [2.24, 2.45) is 0 Å². The second-order valence-corrected chi connectivity index (χ2v) is 6.51. The Bertz CT molecular complexity index is 556. The zero-order chi connectivity index (χ0) is 13.5. The molecule has 0 saturated heterocycles. The minimum Gasteiger partial charge on any atom is -0.101 e. The van der Waals surface area contributed by atoms with Crippen LogP contribution in [0.3, 0.4) is 0 Å². The van der Waals surface area contributed by atoms with Crippen LogP contribution >= 0.6 is 23.2 Å². The normalized spacial score (nSPS) is 14.3. The summed E-state index contributed by atoms with van der Waals surface area (Å²) in [5.41, 5.74) is 4.94. The van der Waals surface area contributed by atoms with Crippen molar-refractivity contribution >= 4 is 23.2 Å². The van der Waals surface area contributed by atoms with Gasteiger partial charge in [0.2, 0.25) is 0 Å². The number of hydrogen-bond donors (Lipinski definition) is 0. The van der Waals surface area contributed by atoms with Crippen LogP contribution in [0.15, 0.2) is 48.5 Å². The van der Waals surface area contributed by atoms with Crippen LogP contribution in [-0.4, -0.2) is 4.33 Å². The molecule has 0 unspecified atom stereocenters. The summed E-state index contributed by atoms with van der Waals surface area (Å²) in [7, 11) is 0. The summed E-state index contributed by atoms with van der Waals surface area (Å²) < 4.78 is -0.801. The van der Waals surface area contributed by atoms with Gasteiger partial charge >= 0.3 is 0 Å². The Morgan fingerprint density at radius 1 is 0.895 bits per heavy atom. The summed E-state index contributed by atoms with van der Waals surface area (Å²) in [5.74, 6) is 0.0324. The molecule has 2 heteroatoms. The van der Waals surface area contributed by atoms with Gasteiger partial charge in [0.1, 0.15) is 4.33 Å². The summed E-state index contributed by atoms with van der Waals surface area (Å²) in [4.78, 5) is 0. The number of halogens is 2. The summed E-state index contributed by atoms with van der Waals surface area (Å²) in [6, 6.07) is 16.8. The average Bonchev–Trinajstić information content (AvgIpc) is 2.74. The minimum absolute atomic E-state index is 0.0324. The van der Waals surface area contributed by atoms with Gasteiger partial charge in [-0.2, -0.15) is 0 Å². The topological polar surface area (TPSA) is 0 Å². The van der Waals surface area contributed by atoms with Gasteiger partial charge in [-0.05, 0) is 28.7 Å². The van der Waals surface area contributed by atoms with E-state index in [1.54, 1.807) is 0 Å². The summed E-state index contributed by atoms with van der Waals surface area (Å²) in [6.07, 6.45) is 1.41. The number of hydrogen-bond acceptors (Lipinski definition) is 0. The second kappa shape index (κ2) is 4.85. The van der Waals surface area contributed by atoms with E-state index in [1.165, 1.54) is 22.3 Å². The molecule has 2 aromatic carbocycles. The molecule has 0 bridgehead atoms. The molecule has 19 heavy (non-hydrogen) atoms. The van der Waals surface area contributed by atoms with E-state index in [0.717, 1.165) is 6.42 Å². The zero-order valence-electron chi connectivity index (χ0n) is 10.6. The highest BCUT2D eigenvalue weighted by atomic mass is 35.5. The maximum atomic E-state index is 6.62. The first kappa shape index (κ1) is 13.0. The lowest BCUT2D eigenvalue weighted by atomic mass is 9.90. The smallest absolute Gasteiger partial charge is 0.101 e. The molecule has 0 nitrogen and oxygen atoms in total. The van der Waals surface area contributed by atoms with Crippen LogP contribution in [0.1, 0.15) is 29.9 Å². The Hall–Kier alpha value is -0.980. The highest BCUT2D eigenvalue weighted by Gasteiger charge is 2.42. The van der Waals surface area contributed by atoms with Crippen LogP contribution in [0.4, 0.5) is 0 Å². The molecule has 1 radical (unpaired) electrons. The van der Waals surface area contributed by atoms with Crippen molar-refractivity contribution in [2.75, 3.05) is 0 Å². The summed E-state index contributed by atoms with van der Waals surface area (Å²) >= 11 is 13.2. The lowest BCUT2D eigenvalue weighted by molar-refractivity contribution is 0.632. The van der Waals surface area contributed by atoms with Crippen LogP contribution in [0.25, 0.3) is 11.1 Å². The lowest BCUT2D eigenvalue weighted by Crippen LogP contribution is -2.23. The van der Waals surface area contributed by atoms with E-state index in [1.807, 2.05) is 12.1 Å². The monoisotopic (exact) mass is 289 g/mol. The van der Waals surface area contributed by atoms with Crippen LogP contribution in [0.5, 0.6) is 0 Å². The molecule has 3 rings (SSSR count). The van der Waals surface area contributed by atoms with Gasteiger partial charge in [-0.25, -0.2) is 0 Å². The Balaban J connectivity index is 2.20. The van der Waals surface area contributed by atoms with E-state index in [9.17, 15) is 0 Å². The summed E-state index contributed by atoms with van der Waals surface area (Å²) in [6.45, 7) is 3.89. The SMILES string of the molecule is [CH2]CCC(Cl)(Cl)C1c2ccccc2-c2ccccc21. The third-order valence-electron chi connectivity index (χ3n) is 3.77. The molecule has 1 aliphatic rings. The Labute approximate surface area is 124 Å². The highest BCUT2D eigenvalue weighted by molar-refractivity contribution is 6.49. The van der Waals surface area contributed by atoms with Crippen molar-refractivity contribution in [3.63, 3.8) is 0 Å². The molecule has 1 aliphatic carbocycles. The van der Waals surface area contributed by atoms with Gasteiger partial charge in [0.15, 0.2) is 0 Å². The van der Waals surface area contributed by atoms with Gasteiger partial charge in [0, 0.05) is 5.92 Å². The van der Waals surface area contributed by atoms with Gasteiger partial charge in [-0.1, -0.05) is 61.9 Å². The maximum Gasteiger partial charge on any atom is 0.129 e. The molecular weight excluding hydrogens is 275 g/mol. The van der Waals surface area contributed by atoms with E-state index in [2.05, 4.69) is 43.3 Å². The molecule has 0 heterocycles. The number of rotatable bonds is 3. The van der Waals surface area contributed by atoms with Gasteiger partial charge in [0.25, 0.3) is 0 Å². The first-order valence-corrected chi connectivity index (χ1v) is 7.26. The predicted octanol–water partition coefficient (Wildman–Crippen LogP) is 5.59. The van der Waals surface area contributed by atoms with Crippen LogP contribution in [0.2, 0.25) is 0 Å². The van der Waals surface area contributed by atoms with E-state index < -0.39 is 4.33 Å². The third-order valence-corrected chi connectivity index (χ3v) is 4.58. The van der Waals surface area contributed by atoms with Crippen molar-refractivity contribution in [1.29, 1.82) is 0 Å². The zero-order valence-corrected chi connectivity index (χ0v) is 12.1. The maximum absolute atomic E-state index is 6.62. The van der Waals surface area contributed by atoms with Crippen molar-refractivity contribution < 1.29 is 0 Å². The predicted molar refractivity (Wildman–Crippen MR) is 82.7 cm³/mol. The molecule has 0 atom stereocenters. The standard InChI is InChI=1S/C17H15Cl2/c1-2-11-17(18,19)16-14-9-5-3-7-12(14)13-8-4-6-10-15(13)16/h3-10,16H,1-2,11H2. The van der Waals surface area contributed by atoms with Crippen molar-refractivity contribution in [3.05, 3.63) is 66.6 Å². The summed E-state index contributed by atoms with van der Waals surface area (Å²) in [5, 5.41) is 0. The molecule has 0 spiro atoms. The van der Waals surface area contributed by atoms with Crippen LogP contribution in [-0.2, 0) is 0 Å². The Morgan fingerprint density at radius 2 is 1.37 bits per heavy atom. The van der Waals surface area contributed by atoms with E-state index in [4.69, 9.17) is 23.2 Å². The average molecular weight is 290 g/mol. The first-order chi connectivity index (χ1) is 9.15. The fourth-order valence-corrected chi connectivity index (χ4v) is 3.73. The number of benzene rings is 2. The number of fused-ring (bicyclic) bond motifs is 3. The van der Waals surface area contributed by atoms with Crippen molar-refractivity contribution in [1.82, 2.24) is 0 Å². The Kier molecular flexibility index (Phi) is 3.32. The molecule has 0 fully saturated rings. The molecule has 0 aromatic heterocycles. The molecule has 0 saturated carbocycles. The van der Waals surface area contributed by atoms with Crippen LogP contribution < -0.4 is 0 Å². The van der Waals surface area contributed by atoms with Gasteiger partial charge < -0.3 is 0 Å². The van der Waals surface area contributed by atoms with Gasteiger partial charge in [-0.3, -0.25) is 0 Å². The lowest BCUT2D eigenvalue weighted by Gasteiger charge is -2.28. The largest absolute Gasteiger partial charge is 0.129 e. The number of alkyl halides is 2. The molecule has 97 valence electrons. The van der Waals surface area contributed by atoms with Crippen LogP contribution in [0, 0.1) is 6.92 Å². The molecule has 0 amide bonds. The first-order valence-electron chi connectivity index (χ1n) is 6.50. The van der Waals surface area contributed by atoms with E-state index in [-0.39, 0.29) is 5.92 Å². The molecule has 2 aromatic rings. The quantitative estimate of drug-likeness (QED) is 0.647. The molecule has 0 N–H and O–H groups in total. The fraction of sp³-hybridized carbons (Fsp3) is 0.235. The fourth-order valence-electron chi connectivity index (χ4n) is 2.99. The minimum atomic E-state index is -0.801. The second-order valence-electron chi connectivity index (χ2n) is 4.97.